The first-order chi connectivity index (χ1) is 17.2. The van der Waals surface area contributed by atoms with Crippen molar-refractivity contribution in [3.05, 3.63) is 94.2 Å². The molecule has 3 heterocycles. The lowest BCUT2D eigenvalue weighted by Crippen LogP contribution is -2.55. The molecule has 9 nitrogen and oxygen atoms in total. The number of aromatic nitrogens is 1. The Hall–Kier alpha value is -3.57. The number of anilines is 1. The zero-order valence-corrected chi connectivity index (χ0v) is 21.3. The fourth-order valence-corrected chi connectivity index (χ4v) is 6.02. The number of rotatable bonds is 5. The van der Waals surface area contributed by atoms with E-state index in [1.807, 2.05) is 12.1 Å². The lowest BCUT2D eigenvalue weighted by atomic mass is 10.0. The molecule has 0 radical (unpaired) electrons. The van der Waals surface area contributed by atoms with Gasteiger partial charge in [0.25, 0.3) is 5.91 Å². The highest BCUT2D eigenvalue weighted by Crippen LogP contribution is 2.34. The number of amides is 2. The number of pyridine rings is 1. The lowest BCUT2D eigenvalue weighted by molar-refractivity contribution is 0.0708. The topological polar surface area (TPSA) is 120 Å². The Morgan fingerprint density at radius 2 is 1.69 bits per heavy atom. The molecule has 1 N–H and O–H groups in total. The molecular formula is C25H21BrN4O5S. The summed E-state index contributed by atoms with van der Waals surface area (Å²) < 4.78 is 24.0. The van der Waals surface area contributed by atoms with E-state index in [0.717, 1.165) is 14.9 Å². The molecule has 36 heavy (non-hydrogen) atoms. The third-order valence-corrected chi connectivity index (χ3v) is 8.50. The van der Waals surface area contributed by atoms with E-state index in [1.54, 1.807) is 60.8 Å². The molecule has 3 aromatic rings. The van der Waals surface area contributed by atoms with Crippen molar-refractivity contribution in [3.8, 4) is 0 Å². The first-order valence-corrected chi connectivity index (χ1v) is 13.7. The number of hydrazone groups is 1. The van der Waals surface area contributed by atoms with Crippen LogP contribution in [-0.4, -0.2) is 58.8 Å². The molecule has 1 unspecified atom stereocenters. The van der Waals surface area contributed by atoms with Crippen molar-refractivity contribution in [2.24, 2.45) is 5.10 Å². The largest absolute Gasteiger partial charge is 0.465 e. The van der Waals surface area contributed by atoms with Crippen LogP contribution in [0.25, 0.3) is 0 Å². The van der Waals surface area contributed by atoms with E-state index in [9.17, 15) is 23.1 Å². The van der Waals surface area contributed by atoms with Crippen molar-refractivity contribution in [2.45, 2.75) is 18.5 Å². The van der Waals surface area contributed by atoms with E-state index in [-0.39, 0.29) is 17.4 Å². The van der Waals surface area contributed by atoms with Crippen molar-refractivity contribution >= 4 is 49.2 Å². The molecular weight excluding hydrogens is 548 g/mol. The van der Waals surface area contributed by atoms with E-state index in [2.05, 4.69) is 26.0 Å². The molecule has 2 aliphatic heterocycles. The van der Waals surface area contributed by atoms with Gasteiger partial charge in [-0.1, -0.05) is 34.1 Å². The van der Waals surface area contributed by atoms with E-state index in [0.29, 0.717) is 29.1 Å². The summed E-state index contributed by atoms with van der Waals surface area (Å²) >= 11 is 3.38. The van der Waals surface area contributed by atoms with E-state index in [4.69, 9.17) is 0 Å². The number of halogens is 1. The molecule has 1 saturated heterocycles. The number of nitrogens with zero attached hydrogens (tertiary/aromatic N) is 4. The smallest absolute Gasteiger partial charge is 0.412 e. The van der Waals surface area contributed by atoms with Crippen LogP contribution in [0, 0.1) is 0 Å². The van der Waals surface area contributed by atoms with Crippen LogP contribution in [0.4, 0.5) is 10.5 Å². The zero-order chi connectivity index (χ0) is 25.4. The van der Waals surface area contributed by atoms with Crippen LogP contribution < -0.4 is 4.90 Å². The van der Waals surface area contributed by atoms with Crippen molar-refractivity contribution in [2.75, 3.05) is 16.4 Å². The van der Waals surface area contributed by atoms with Crippen LogP contribution in [0.3, 0.4) is 0 Å². The molecule has 5 rings (SSSR count). The molecule has 0 bridgehead atoms. The van der Waals surface area contributed by atoms with Crippen LogP contribution >= 0.6 is 15.9 Å². The van der Waals surface area contributed by atoms with Gasteiger partial charge in [-0.05, 0) is 54.1 Å². The molecule has 2 aromatic carbocycles. The Kier molecular flexibility index (Phi) is 6.35. The van der Waals surface area contributed by atoms with Crippen molar-refractivity contribution < 1.29 is 23.1 Å². The van der Waals surface area contributed by atoms with Gasteiger partial charge in [0.2, 0.25) is 0 Å². The summed E-state index contributed by atoms with van der Waals surface area (Å²) in [7, 11) is -3.18. The van der Waals surface area contributed by atoms with Crippen molar-refractivity contribution in [3.63, 3.8) is 0 Å². The molecule has 0 saturated carbocycles. The molecule has 0 spiro atoms. The van der Waals surface area contributed by atoms with Crippen LogP contribution in [-0.2, 0) is 9.84 Å². The number of hydrogen-bond donors (Lipinski definition) is 1. The van der Waals surface area contributed by atoms with E-state index in [1.165, 1.54) is 5.01 Å². The number of carboxylic acid groups (broad SMARTS) is 1. The average molecular weight is 569 g/mol. The van der Waals surface area contributed by atoms with Gasteiger partial charge < -0.3 is 5.11 Å². The van der Waals surface area contributed by atoms with Gasteiger partial charge >= 0.3 is 6.09 Å². The fourth-order valence-electron chi connectivity index (χ4n) is 4.38. The summed E-state index contributed by atoms with van der Waals surface area (Å²) in [5.41, 5.74) is 2.98. The minimum atomic E-state index is -3.18. The van der Waals surface area contributed by atoms with Gasteiger partial charge in [0.05, 0.1) is 29.0 Å². The third-order valence-electron chi connectivity index (χ3n) is 6.18. The van der Waals surface area contributed by atoms with Crippen molar-refractivity contribution in [1.29, 1.82) is 0 Å². The fraction of sp³-hybridized carbons (Fsp3) is 0.200. The molecule has 1 atom stereocenters. The second kappa shape index (κ2) is 9.47. The highest BCUT2D eigenvalue weighted by Gasteiger charge is 2.41. The summed E-state index contributed by atoms with van der Waals surface area (Å²) in [6.45, 7) is 0. The number of sulfone groups is 1. The number of carbonyl (C=O) groups excluding carboxylic acids is 1. The van der Waals surface area contributed by atoms with Gasteiger partial charge in [-0.15, -0.1) is 0 Å². The van der Waals surface area contributed by atoms with Gasteiger partial charge in [-0.25, -0.2) is 18.2 Å². The van der Waals surface area contributed by atoms with E-state index >= 15 is 0 Å². The summed E-state index contributed by atoms with van der Waals surface area (Å²) in [5.74, 6) is -0.632. The molecule has 184 valence electrons. The Labute approximate surface area is 216 Å². The first kappa shape index (κ1) is 24.1. The first-order valence-electron chi connectivity index (χ1n) is 11.1. The Morgan fingerprint density at radius 3 is 2.28 bits per heavy atom. The lowest BCUT2D eigenvalue weighted by Gasteiger charge is -2.35. The molecule has 1 aromatic heterocycles. The maximum Gasteiger partial charge on any atom is 0.412 e. The maximum atomic E-state index is 13.4. The predicted molar refractivity (Wildman–Crippen MR) is 138 cm³/mol. The standard InChI is InChI=1S/C25H21BrN4O5S/c26-18-8-4-17(5-9-18)24(31)30-23(21-3-1-2-12-27-21)13-22(28-30)16-6-10-19(11-7-16)29(25(32)33)20-14-36(34,35)15-20/h1-12,20,23H,13-15H2,(H,32,33). The highest BCUT2D eigenvalue weighted by atomic mass is 79.9. The molecule has 11 heteroatoms. The zero-order valence-electron chi connectivity index (χ0n) is 18.9. The normalized spacial score (nSPS) is 18.9. The van der Waals surface area contributed by atoms with Gasteiger partial charge in [0.15, 0.2) is 9.84 Å². The van der Waals surface area contributed by atoms with Gasteiger partial charge in [-0.3, -0.25) is 14.7 Å². The van der Waals surface area contributed by atoms with Gasteiger partial charge in [-0.2, -0.15) is 5.10 Å². The van der Waals surface area contributed by atoms with Crippen LogP contribution in [0.5, 0.6) is 0 Å². The number of carbonyl (C=O) groups is 2. The highest BCUT2D eigenvalue weighted by molar-refractivity contribution is 9.10. The molecule has 1 fully saturated rings. The van der Waals surface area contributed by atoms with E-state index < -0.39 is 28.0 Å². The summed E-state index contributed by atoms with van der Waals surface area (Å²) in [6, 6.07) is 18.3. The molecule has 2 aliphatic rings. The minimum absolute atomic E-state index is 0.188. The van der Waals surface area contributed by atoms with Crippen LogP contribution in [0.2, 0.25) is 0 Å². The summed E-state index contributed by atoms with van der Waals surface area (Å²) in [4.78, 5) is 30.7. The van der Waals surface area contributed by atoms with Crippen LogP contribution in [0.15, 0.2) is 82.5 Å². The quantitative estimate of drug-likeness (QED) is 0.494. The monoisotopic (exact) mass is 568 g/mol. The predicted octanol–water partition coefficient (Wildman–Crippen LogP) is 4.12. The minimum Gasteiger partial charge on any atom is -0.465 e. The maximum absolute atomic E-state index is 13.4. The average Bonchev–Trinajstić information content (AvgIpc) is 3.29. The number of benzene rings is 2. The SMILES string of the molecule is O=C(c1ccc(Br)cc1)N1N=C(c2ccc(N(C(=O)O)C3CS(=O)(=O)C3)cc2)CC1c1ccccn1. The second-order valence-corrected chi connectivity index (χ2v) is 11.7. The molecule has 0 aliphatic carbocycles. The Morgan fingerprint density at radius 1 is 1.00 bits per heavy atom. The third kappa shape index (κ3) is 4.76. The summed E-state index contributed by atoms with van der Waals surface area (Å²) in [6.07, 6.45) is 0.899. The Bertz CT molecular complexity index is 1430. The van der Waals surface area contributed by atoms with Gasteiger partial charge in [0.1, 0.15) is 6.04 Å². The molecule has 2 amide bonds. The Balaban J connectivity index is 1.44. The van der Waals surface area contributed by atoms with Gasteiger partial charge in [0, 0.05) is 28.3 Å². The van der Waals surface area contributed by atoms with Crippen LogP contribution in [0.1, 0.15) is 34.1 Å². The second-order valence-electron chi connectivity index (χ2n) is 8.61. The summed E-state index contributed by atoms with van der Waals surface area (Å²) in [5, 5.41) is 15.7. The van der Waals surface area contributed by atoms with Crippen molar-refractivity contribution in [1.82, 2.24) is 9.99 Å². The number of hydrogen-bond acceptors (Lipinski definition) is 6.